The maximum atomic E-state index is 12.6. The molecule has 1 N–H and O–H groups in total. The van der Waals surface area contributed by atoms with E-state index in [2.05, 4.69) is 22.3 Å². The van der Waals surface area contributed by atoms with Crippen molar-refractivity contribution in [3.63, 3.8) is 0 Å². The predicted octanol–water partition coefficient (Wildman–Crippen LogP) is 5.50. The summed E-state index contributed by atoms with van der Waals surface area (Å²) in [6, 6.07) is 13.4. The maximum absolute atomic E-state index is 12.6. The van der Waals surface area contributed by atoms with E-state index >= 15 is 0 Å². The van der Waals surface area contributed by atoms with Crippen molar-refractivity contribution in [2.45, 2.75) is 19.4 Å². The molecule has 1 aliphatic heterocycles. The van der Waals surface area contributed by atoms with Gasteiger partial charge in [-0.1, -0.05) is 65.1 Å². The van der Waals surface area contributed by atoms with E-state index in [1.54, 1.807) is 12.1 Å². The number of likely N-dealkylation sites (tertiary alicyclic amines) is 1. The van der Waals surface area contributed by atoms with E-state index in [1.165, 1.54) is 5.56 Å². The van der Waals surface area contributed by atoms with Crippen LogP contribution >= 0.6 is 34.8 Å². The number of benzene rings is 2. The highest BCUT2D eigenvalue weighted by molar-refractivity contribution is 6.44. The number of hydrogen-bond donors (Lipinski definition) is 1. The summed E-state index contributed by atoms with van der Waals surface area (Å²) >= 11 is 18.1. The van der Waals surface area contributed by atoms with Crippen molar-refractivity contribution in [2.75, 3.05) is 18.4 Å². The third kappa shape index (κ3) is 4.89. The lowest BCUT2D eigenvalue weighted by atomic mass is 9.96. The van der Waals surface area contributed by atoms with Crippen LogP contribution in [-0.2, 0) is 11.3 Å². The Bertz CT molecular complexity index is 752. The minimum absolute atomic E-state index is 0.0296. The van der Waals surface area contributed by atoms with Gasteiger partial charge in [0.1, 0.15) is 0 Å². The molecule has 0 aliphatic carbocycles. The van der Waals surface area contributed by atoms with Gasteiger partial charge in [0.2, 0.25) is 5.91 Å². The number of halogens is 3. The first-order valence-electron chi connectivity index (χ1n) is 8.24. The lowest BCUT2D eigenvalue weighted by Gasteiger charge is -2.32. The predicted molar refractivity (Wildman–Crippen MR) is 105 cm³/mol. The van der Waals surface area contributed by atoms with Gasteiger partial charge in [0, 0.05) is 13.1 Å². The Hall–Kier alpha value is -1.26. The van der Waals surface area contributed by atoms with Gasteiger partial charge in [-0.2, -0.15) is 0 Å². The summed E-state index contributed by atoms with van der Waals surface area (Å²) in [5.74, 6) is -0.0963. The van der Waals surface area contributed by atoms with Crippen molar-refractivity contribution >= 4 is 46.4 Å². The smallest absolute Gasteiger partial charge is 0.228 e. The standard InChI is InChI=1S/C19H19Cl3N2O/c20-15-9-17(22)18(10-16(15)21)23-19(25)14-7-4-8-24(12-14)11-13-5-2-1-3-6-13/h1-3,5-6,9-10,14H,4,7-8,11-12H2,(H,23,25). The lowest BCUT2D eigenvalue weighted by molar-refractivity contribution is -0.121. The molecule has 2 aromatic carbocycles. The fourth-order valence-electron chi connectivity index (χ4n) is 3.11. The third-order valence-corrected chi connectivity index (χ3v) is 5.43. The molecular weight excluding hydrogens is 379 g/mol. The molecule has 0 aromatic heterocycles. The quantitative estimate of drug-likeness (QED) is 0.691. The minimum Gasteiger partial charge on any atom is -0.324 e. The van der Waals surface area contributed by atoms with E-state index in [0.29, 0.717) is 20.8 Å². The molecule has 3 rings (SSSR count). The third-order valence-electron chi connectivity index (χ3n) is 4.39. The summed E-state index contributed by atoms with van der Waals surface area (Å²) in [6.07, 6.45) is 1.87. The van der Waals surface area contributed by atoms with Gasteiger partial charge in [0.05, 0.1) is 26.7 Å². The van der Waals surface area contributed by atoms with Crippen LogP contribution in [0.15, 0.2) is 42.5 Å². The van der Waals surface area contributed by atoms with Gasteiger partial charge < -0.3 is 5.32 Å². The monoisotopic (exact) mass is 396 g/mol. The van der Waals surface area contributed by atoms with Gasteiger partial charge in [-0.15, -0.1) is 0 Å². The van der Waals surface area contributed by atoms with Crippen LogP contribution in [0.3, 0.4) is 0 Å². The van der Waals surface area contributed by atoms with E-state index in [9.17, 15) is 4.79 Å². The number of carbonyl (C=O) groups excluding carboxylic acids is 1. The van der Waals surface area contributed by atoms with Gasteiger partial charge in [0.25, 0.3) is 0 Å². The Morgan fingerprint density at radius 1 is 1.08 bits per heavy atom. The van der Waals surface area contributed by atoms with Crippen LogP contribution in [0.5, 0.6) is 0 Å². The molecule has 132 valence electrons. The first-order chi connectivity index (χ1) is 12.0. The van der Waals surface area contributed by atoms with Crippen LogP contribution in [0.2, 0.25) is 15.1 Å². The highest BCUT2D eigenvalue weighted by Crippen LogP contribution is 2.33. The summed E-state index contributed by atoms with van der Waals surface area (Å²) in [5.41, 5.74) is 1.76. The van der Waals surface area contributed by atoms with Crippen LogP contribution in [0.25, 0.3) is 0 Å². The number of nitrogens with zero attached hydrogens (tertiary/aromatic N) is 1. The van der Waals surface area contributed by atoms with Crippen LogP contribution in [0.4, 0.5) is 5.69 Å². The summed E-state index contributed by atoms with van der Waals surface area (Å²) in [4.78, 5) is 15.0. The van der Waals surface area contributed by atoms with E-state index in [1.807, 2.05) is 18.2 Å². The summed E-state index contributed by atoms with van der Waals surface area (Å²) in [7, 11) is 0. The lowest BCUT2D eigenvalue weighted by Crippen LogP contribution is -2.40. The van der Waals surface area contributed by atoms with E-state index in [4.69, 9.17) is 34.8 Å². The minimum atomic E-state index is -0.0667. The Morgan fingerprint density at radius 3 is 2.56 bits per heavy atom. The van der Waals surface area contributed by atoms with Gasteiger partial charge in [0.15, 0.2) is 0 Å². The number of piperidine rings is 1. The number of carbonyl (C=O) groups is 1. The molecule has 1 aliphatic rings. The fourth-order valence-corrected chi connectivity index (χ4v) is 3.70. The van der Waals surface area contributed by atoms with Crippen molar-refractivity contribution in [2.24, 2.45) is 5.92 Å². The van der Waals surface area contributed by atoms with Gasteiger partial charge in [-0.25, -0.2) is 0 Å². The molecule has 1 amide bonds. The molecule has 25 heavy (non-hydrogen) atoms. The van der Waals surface area contributed by atoms with E-state index in [-0.39, 0.29) is 11.8 Å². The molecule has 1 atom stereocenters. The number of nitrogens with one attached hydrogen (secondary N) is 1. The molecular formula is C19H19Cl3N2O. The van der Waals surface area contributed by atoms with Gasteiger partial charge >= 0.3 is 0 Å². The normalized spacial score (nSPS) is 18.1. The first-order valence-corrected chi connectivity index (χ1v) is 9.38. The Balaban J connectivity index is 1.63. The topological polar surface area (TPSA) is 32.3 Å². The second-order valence-electron chi connectivity index (χ2n) is 6.30. The fraction of sp³-hybridized carbons (Fsp3) is 0.316. The number of rotatable bonds is 4. The molecule has 6 heteroatoms. The molecule has 1 unspecified atom stereocenters. The summed E-state index contributed by atoms with van der Waals surface area (Å²) < 4.78 is 0. The number of hydrogen-bond acceptors (Lipinski definition) is 2. The first kappa shape index (κ1) is 18.5. The van der Waals surface area contributed by atoms with Crippen LogP contribution < -0.4 is 5.32 Å². The molecule has 0 bridgehead atoms. The second kappa shape index (κ2) is 8.41. The zero-order valence-corrected chi connectivity index (χ0v) is 15.9. The Labute approximate surface area is 162 Å². The Morgan fingerprint density at radius 2 is 1.80 bits per heavy atom. The zero-order chi connectivity index (χ0) is 17.8. The van der Waals surface area contributed by atoms with Crippen molar-refractivity contribution in [3.8, 4) is 0 Å². The van der Waals surface area contributed by atoms with Crippen molar-refractivity contribution in [1.29, 1.82) is 0 Å². The summed E-state index contributed by atoms with van der Waals surface area (Å²) in [5, 5.41) is 4.02. The molecule has 2 aromatic rings. The van der Waals surface area contributed by atoms with Crippen molar-refractivity contribution in [1.82, 2.24) is 4.90 Å². The van der Waals surface area contributed by atoms with Crippen molar-refractivity contribution in [3.05, 3.63) is 63.1 Å². The van der Waals surface area contributed by atoms with E-state index < -0.39 is 0 Å². The average Bonchev–Trinajstić information content (AvgIpc) is 2.61. The molecule has 1 heterocycles. The maximum Gasteiger partial charge on any atom is 0.228 e. The largest absolute Gasteiger partial charge is 0.324 e. The highest BCUT2D eigenvalue weighted by atomic mass is 35.5. The van der Waals surface area contributed by atoms with Crippen LogP contribution in [0.1, 0.15) is 18.4 Å². The SMILES string of the molecule is O=C(Nc1cc(Cl)c(Cl)cc1Cl)C1CCCN(Cc2ccccc2)C1. The van der Waals surface area contributed by atoms with Crippen LogP contribution in [0, 0.1) is 5.92 Å². The molecule has 1 fully saturated rings. The highest BCUT2D eigenvalue weighted by Gasteiger charge is 2.26. The summed E-state index contributed by atoms with van der Waals surface area (Å²) in [6.45, 7) is 2.60. The van der Waals surface area contributed by atoms with Gasteiger partial charge in [-0.05, 0) is 37.1 Å². The molecule has 0 radical (unpaired) electrons. The molecule has 3 nitrogen and oxygen atoms in total. The average molecular weight is 398 g/mol. The number of anilines is 1. The zero-order valence-electron chi connectivity index (χ0n) is 13.6. The second-order valence-corrected chi connectivity index (χ2v) is 7.52. The molecule has 0 saturated carbocycles. The number of amides is 1. The molecule has 0 spiro atoms. The Kier molecular flexibility index (Phi) is 6.24. The van der Waals surface area contributed by atoms with Crippen molar-refractivity contribution < 1.29 is 4.79 Å². The molecule has 1 saturated heterocycles. The van der Waals surface area contributed by atoms with Gasteiger partial charge in [-0.3, -0.25) is 9.69 Å². The van der Waals surface area contributed by atoms with Crippen LogP contribution in [-0.4, -0.2) is 23.9 Å². The van der Waals surface area contributed by atoms with E-state index in [0.717, 1.165) is 32.5 Å².